The number of nitrogens with two attached hydrogens (primary N) is 1. The molecule has 4 heteroatoms. The molecule has 0 radical (unpaired) electrons. The Labute approximate surface area is 72.8 Å². The lowest BCUT2D eigenvalue weighted by molar-refractivity contribution is 0.949. The number of H-pyrrole nitrogens is 1. The number of hydrogen-bond acceptors (Lipinski definition) is 2. The minimum Gasteiger partial charge on any atom is -0.330 e. The van der Waals surface area contributed by atoms with Gasteiger partial charge >= 0.3 is 0 Å². The van der Waals surface area contributed by atoms with Gasteiger partial charge in [0, 0.05) is 5.69 Å². The summed E-state index contributed by atoms with van der Waals surface area (Å²) in [4.78, 5) is 0. The third kappa shape index (κ3) is 2.20. The number of aryl methyl sites for hydroxylation is 2. The van der Waals surface area contributed by atoms with Crippen LogP contribution in [-0.4, -0.2) is 16.7 Å². The first kappa shape index (κ1) is 10.5. The molecule has 0 saturated carbocycles. The van der Waals surface area contributed by atoms with Crippen LogP contribution in [0.25, 0.3) is 0 Å². The first-order valence-corrected chi connectivity index (χ1v) is 3.46. The Kier molecular flexibility index (Phi) is 4.15. The number of nitrogens with one attached hydrogen (secondary N) is 1. The average Bonchev–Trinajstić information content (AvgIpc) is 2.20. The maximum absolute atomic E-state index is 5.42. The summed E-state index contributed by atoms with van der Waals surface area (Å²) in [5, 5.41) is 6.97. The van der Waals surface area contributed by atoms with E-state index in [1.807, 2.05) is 13.8 Å². The van der Waals surface area contributed by atoms with Gasteiger partial charge < -0.3 is 5.73 Å². The van der Waals surface area contributed by atoms with Gasteiger partial charge in [0.1, 0.15) is 0 Å². The molecule has 1 rings (SSSR count). The summed E-state index contributed by atoms with van der Waals surface area (Å²) in [5.74, 6) is 0. The van der Waals surface area contributed by atoms with Crippen molar-refractivity contribution in [2.45, 2.75) is 20.3 Å². The number of nitrogens with zero attached hydrogens (tertiary/aromatic N) is 1. The van der Waals surface area contributed by atoms with Crippen molar-refractivity contribution >= 4 is 12.4 Å². The quantitative estimate of drug-likeness (QED) is 0.704. The number of aromatic amines is 1. The molecule has 3 nitrogen and oxygen atoms in total. The molecule has 1 aromatic heterocycles. The van der Waals surface area contributed by atoms with Gasteiger partial charge in [0.25, 0.3) is 0 Å². The second-order valence-corrected chi connectivity index (χ2v) is 2.45. The monoisotopic (exact) mass is 175 g/mol. The van der Waals surface area contributed by atoms with E-state index in [1.165, 1.54) is 5.56 Å². The van der Waals surface area contributed by atoms with E-state index in [2.05, 4.69) is 10.2 Å². The minimum absolute atomic E-state index is 0. The van der Waals surface area contributed by atoms with E-state index in [-0.39, 0.29) is 12.4 Å². The van der Waals surface area contributed by atoms with Gasteiger partial charge in [-0.15, -0.1) is 12.4 Å². The third-order valence-electron chi connectivity index (χ3n) is 1.68. The van der Waals surface area contributed by atoms with Crippen LogP contribution in [0.4, 0.5) is 0 Å². The Morgan fingerprint density at radius 1 is 1.45 bits per heavy atom. The topological polar surface area (TPSA) is 54.7 Å². The Morgan fingerprint density at radius 3 is 2.45 bits per heavy atom. The van der Waals surface area contributed by atoms with Crippen molar-refractivity contribution in [3.63, 3.8) is 0 Å². The highest BCUT2D eigenvalue weighted by Gasteiger charge is 2.03. The van der Waals surface area contributed by atoms with E-state index in [1.54, 1.807) is 0 Å². The zero-order chi connectivity index (χ0) is 7.56. The van der Waals surface area contributed by atoms with Gasteiger partial charge in [0.05, 0.1) is 5.69 Å². The van der Waals surface area contributed by atoms with Crippen LogP contribution in [0.15, 0.2) is 0 Å². The van der Waals surface area contributed by atoms with Crippen LogP contribution < -0.4 is 5.73 Å². The zero-order valence-corrected chi connectivity index (χ0v) is 7.66. The average molecular weight is 176 g/mol. The summed E-state index contributed by atoms with van der Waals surface area (Å²) in [6, 6.07) is 0. The molecule has 0 fully saturated rings. The zero-order valence-electron chi connectivity index (χ0n) is 6.85. The first-order chi connectivity index (χ1) is 4.75. The highest BCUT2D eigenvalue weighted by molar-refractivity contribution is 5.85. The Hall–Kier alpha value is -0.540. The molecule has 0 aliphatic rings. The van der Waals surface area contributed by atoms with Crippen LogP contribution in [0.1, 0.15) is 17.0 Å². The summed E-state index contributed by atoms with van der Waals surface area (Å²) in [6.45, 7) is 4.71. The normalized spacial score (nSPS) is 9.36. The Morgan fingerprint density at radius 2 is 2.09 bits per heavy atom. The van der Waals surface area contributed by atoms with Crippen molar-refractivity contribution in [2.24, 2.45) is 5.73 Å². The van der Waals surface area contributed by atoms with Crippen LogP contribution in [0.2, 0.25) is 0 Å². The lowest BCUT2D eigenvalue weighted by Crippen LogP contribution is -2.03. The van der Waals surface area contributed by atoms with Gasteiger partial charge in [-0.1, -0.05) is 0 Å². The van der Waals surface area contributed by atoms with Crippen LogP contribution in [0.3, 0.4) is 0 Å². The largest absolute Gasteiger partial charge is 0.330 e. The minimum atomic E-state index is 0. The summed E-state index contributed by atoms with van der Waals surface area (Å²) < 4.78 is 0. The molecule has 1 heterocycles. The molecule has 64 valence electrons. The third-order valence-corrected chi connectivity index (χ3v) is 1.68. The lowest BCUT2D eigenvalue weighted by Gasteiger charge is -1.95. The summed E-state index contributed by atoms with van der Waals surface area (Å²) in [7, 11) is 0. The number of aromatic nitrogens is 2. The fourth-order valence-corrected chi connectivity index (χ4v) is 1.09. The molecule has 0 spiro atoms. The second-order valence-electron chi connectivity index (χ2n) is 2.45. The van der Waals surface area contributed by atoms with Crippen LogP contribution >= 0.6 is 12.4 Å². The van der Waals surface area contributed by atoms with Crippen molar-refractivity contribution < 1.29 is 0 Å². The maximum atomic E-state index is 5.42. The molecule has 3 N–H and O–H groups in total. The first-order valence-electron chi connectivity index (χ1n) is 3.46. The smallest absolute Gasteiger partial charge is 0.0626 e. The van der Waals surface area contributed by atoms with E-state index in [9.17, 15) is 0 Å². The van der Waals surface area contributed by atoms with Gasteiger partial charge in [-0.3, -0.25) is 5.10 Å². The molecule has 0 aliphatic carbocycles. The van der Waals surface area contributed by atoms with Crippen molar-refractivity contribution in [2.75, 3.05) is 6.54 Å². The van der Waals surface area contributed by atoms with Crippen LogP contribution in [0, 0.1) is 13.8 Å². The number of halogens is 1. The highest BCUT2D eigenvalue weighted by atomic mass is 35.5. The molecular formula is C7H14ClN3. The van der Waals surface area contributed by atoms with E-state index in [4.69, 9.17) is 5.73 Å². The Bertz CT molecular complexity index is 200. The van der Waals surface area contributed by atoms with Gasteiger partial charge in [0.15, 0.2) is 0 Å². The molecule has 0 aromatic carbocycles. The van der Waals surface area contributed by atoms with E-state index in [0.717, 1.165) is 17.8 Å². The molecule has 0 bridgehead atoms. The summed E-state index contributed by atoms with van der Waals surface area (Å²) >= 11 is 0. The van der Waals surface area contributed by atoms with Crippen LogP contribution in [0.5, 0.6) is 0 Å². The van der Waals surface area contributed by atoms with Gasteiger partial charge in [-0.2, -0.15) is 5.10 Å². The lowest BCUT2D eigenvalue weighted by atomic mass is 10.1. The molecule has 0 amide bonds. The van der Waals surface area contributed by atoms with E-state index >= 15 is 0 Å². The standard InChI is InChI=1S/C7H13N3.ClH/c1-5-7(3-4-8)6(2)10-9-5;/h3-4,8H2,1-2H3,(H,9,10);1H. The number of hydrogen-bond donors (Lipinski definition) is 2. The van der Waals surface area contributed by atoms with Gasteiger partial charge in [0.2, 0.25) is 0 Å². The van der Waals surface area contributed by atoms with Crippen molar-refractivity contribution in [1.82, 2.24) is 10.2 Å². The van der Waals surface area contributed by atoms with E-state index in [0.29, 0.717) is 6.54 Å². The van der Waals surface area contributed by atoms with Crippen molar-refractivity contribution in [3.05, 3.63) is 17.0 Å². The fraction of sp³-hybridized carbons (Fsp3) is 0.571. The SMILES string of the molecule is Cc1n[nH]c(C)c1CCN.Cl. The molecule has 0 saturated heterocycles. The molecule has 11 heavy (non-hydrogen) atoms. The highest BCUT2D eigenvalue weighted by Crippen LogP contribution is 2.08. The summed E-state index contributed by atoms with van der Waals surface area (Å²) in [5.41, 5.74) is 8.90. The van der Waals surface area contributed by atoms with Crippen molar-refractivity contribution in [1.29, 1.82) is 0 Å². The maximum Gasteiger partial charge on any atom is 0.0626 e. The molecular weight excluding hydrogens is 162 g/mol. The van der Waals surface area contributed by atoms with Gasteiger partial charge in [-0.25, -0.2) is 0 Å². The van der Waals surface area contributed by atoms with Crippen molar-refractivity contribution in [3.8, 4) is 0 Å². The predicted molar refractivity (Wildman–Crippen MR) is 48.1 cm³/mol. The predicted octanol–water partition coefficient (Wildman–Crippen LogP) is 0.950. The Balaban J connectivity index is 0.000001000. The van der Waals surface area contributed by atoms with Gasteiger partial charge in [-0.05, 0) is 32.4 Å². The molecule has 0 unspecified atom stereocenters. The molecule has 0 aliphatic heterocycles. The summed E-state index contributed by atoms with van der Waals surface area (Å²) in [6.07, 6.45) is 0.925. The molecule has 1 aromatic rings. The van der Waals surface area contributed by atoms with Crippen LogP contribution in [-0.2, 0) is 6.42 Å². The fourth-order valence-electron chi connectivity index (χ4n) is 1.09. The second kappa shape index (κ2) is 4.36. The number of rotatable bonds is 2. The van der Waals surface area contributed by atoms with E-state index < -0.39 is 0 Å². The molecule has 0 atom stereocenters.